The Morgan fingerprint density at radius 3 is 2.80 bits per heavy atom. The molecule has 1 aromatic rings. The largest absolute Gasteiger partial charge is 0.323 e. The highest BCUT2D eigenvalue weighted by Crippen LogP contribution is 2.13. The number of para-hydroxylation sites is 1. The van der Waals surface area contributed by atoms with Crippen LogP contribution in [-0.2, 0) is 0 Å². The molecule has 4 nitrogen and oxygen atoms in total. The predicted molar refractivity (Wildman–Crippen MR) is 74.1 cm³/mol. The van der Waals surface area contributed by atoms with Crippen LogP contribution in [0.15, 0.2) is 30.3 Å². The van der Waals surface area contributed by atoms with Gasteiger partial charge in [0.1, 0.15) is 0 Å². The van der Waals surface area contributed by atoms with E-state index in [4.69, 9.17) is 0 Å². The van der Waals surface area contributed by atoms with Gasteiger partial charge in [-0.2, -0.15) is 0 Å². The van der Waals surface area contributed by atoms with Crippen molar-refractivity contribution in [1.29, 1.82) is 0 Å². The minimum atomic E-state index is -2.36. The molecule has 2 amide bonds. The number of amides is 2. The van der Waals surface area contributed by atoms with Crippen LogP contribution in [0.5, 0.6) is 0 Å². The van der Waals surface area contributed by atoms with Gasteiger partial charge in [-0.25, -0.2) is 13.6 Å². The molecule has 2 N–H and O–H groups in total. The quantitative estimate of drug-likeness (QED) is 0.892. The van der Waals surface area contributed by atoms with Crippen LogP contribution < -0.4 is 10.6 Å². The van der Waals surface area contributed by atoms with E-state index in [9.17, 15) is 13.6 Å². The van der Waals surface area contributed by atoms with Gasteiger partial charge in [-0.15, -0.1) is 0 Å². The molecule has 0 aromatic heterocycles. The number of hydrogen-bond donors (Lipinski definition) is 2. The number of urea groups is 1. The van der Waals surface area contributed by atoms with Crippen LogP contribution in [0.25, 0.3) is 0 Å². The van der Waals surface area contributed by atoms with Crippen molar-refractivity contribution in [2.75, 3.05) is 25.0 Å². The molecule has 1 saturated heterocycles. The van der Waals surface area contributed by atoms with E-state index in [-0.39, 0.29) is 18.6 Å². The van der Waals surface area contributed by atoms with Crippen LogP contribution in [0.2, 0.25) is 0 Å². The second-order valence-corrected chi connectivity index (χ2v) is 4.88. The van der Waals surface area contributed by atoms with Crippen LogP contribution in [0.4, 0.5) is 19.3 Å². The van der Waals surface area contributed by atoms with Crippen LogP contribution >= 0.6 is 0 Å². The number of alkyl halides is 2. The van der Waals surface area contributed by atoms with Gasteiger partial charge in [0.05, 0.1) is 6.54 Å². The minimum Gasteiger partial charge on any atom is -0.323 e. The number of benzene rings is 1. The fourth-order valence-electron chi connectivity index (χ4n) is 2.31. The molecule has 110 valence electrons. The van der Waals surface area contributed by atoms with Gasteiger partial charge >= 0.3 is 6.03 Å². The highest BCUT2D eigenvalue weighted by molar-refractivity contribution is 5.89. The lowest BCUT2D eigenvalue weighted by Crippen LogP contribution is -2.50. The number of carbonyl (C=O) groups is 1. The standard InChI is InChI=1S/C14H19F2N3O/c15-13(16)9-17-12-7-4-8-19(10-12)14(20)18-11-5-2-1-3-6-11/h1-3,5-6,12-13,17H,4,7-10H2,(H,18,20). The Labute approximate surface area is 117 Å². The molecule has 1 unspecified atom stereocenters. The number of piperidine rings is 1. The fraction of sp³-hybridized carbons (Fsp3) is 0.500. The Balaban J connectivity index is 1.83. The van der Waals surface area contributed by atoms with Crippen molar-refractivity contribution in [2.24, 2.45) is 0 Å². The van der Waals surface area contributed by atoms with E-state index >= 15 is 0 Å². The molecule has 1 fully saturated rings. The summed E-state index contributed by atoms with van der Waals surface area (Å²) >= 11 is 0. The van der Waals surface area contributed by atoms with Gasteiger partial charge in [0.25, 0.3) is 6.43 Å². The molecular weight excluding hydrogens is 264 g/mol. The van der Waals surface area contributed by atoms with Crippen molar-refractivity contribution in [1.82, 2.24) is 10.2 Å². The fourth-order valence-corrected chi connectivity index (χ4v) is 2.31. The first kappa shape index (κ1) is 14.7. The Kier molecular flexibility index (Phi) is 5.29. The Morgan fingerprint density at radius 2 is 2.10 bits per heavy atom. The number of nitrogens with one attached hydrogen (secondary N) is 2. The molecule has 1 aliphatic rings. The van der Waals surface area contributed by atoms with E-state index < -0.39 is 6.43 Å². The number of nitrogens with zero attached hydrogens (tertiary/aromatic N) is 1. The highest BCUT2D eigenvalue weighted by Gasteiger charge is 2.23. The highest BCUT2D eigenvalue weighted by atomic mass is 19.3. The van der Waals surface area contributed by atoms with Gasteiger partial charge in [0, 0.05) is 24.8 Å². The molecule has 1 aliphatic heterocycles. The summed E-state index contributed by atoms with van der Waals surface area (Å²) < 4.78 is 24.4. The molecule has 0 saturated carbocycles. The summed E-state index contributed by atoms with van der Waals surface area (Å²) in [4.78, 5) is 13.8. The van der Waals surface area contributed by atoms with Gasteiger partial charge in [0.2, 0.25) is 0 Å². The SMILES string of the molecule is O=C(Nc1ccccc1)N1CCCC(NCC(F)F)C1. The smallest absolute Gasteiger partial charge is 0.321 e. The number of anilines is 1. The molecule has 1 heterocycles. The first-order chi connectivity index (χ1) is 9.65. The van der Waals surface area contributed by atoms with E-state index in [0.717, 1.165) is 18.5 Å². The molecule has 1 aromatic carbocycles. The summed E-state index contributed by atoms with van der Waals surface area (Å²) in [6.45, 7) is 0.801. The van der Waals surface area contributed by atoms with Gasteiger partial charge in [0.15, 0.2) is 0 Å². The average molecular weight is 283 g/mol. The molecule has 0 radical (unpaired) electrons. The van der Waals surface area contributed by atoms with Crippen molar-refractivity contribution in [3.63, 3.8) is 0 Å². The number of rotatable bonds is 4. The maximum absolute atomic E-state index is 12.2. The average Bonchev–Trinajstić information content (AvgIpc) is 2.46. The van der Waals surface area contributed by atoms with Gasteiger partial charge in [-0.3, -0.25) is 0 Å². The first-order valence-electron chi connectivity index (χ1n) is 6.77. The molecule has 20 heavy (non-hydrogen) atoms. The maximum atomic E-state index is 12.2. The molecule has 6 heteroatoms. The third kappa shape index (κ3) is 4.45. The van der Waals surface area contributed by atoms with Gasteiger partial charge in [-0.1, -0.05) is 18.2 Å². The second-order valence-electron chi connectivity index (χ2n) is 4.88. The second kappa shape index (κ2) is 7.19. The Hall–Kier alpha value is -1.69. The van der Waals surface area contributed by atoms with Crippen molar-refractivity contribution in [3.05, 3.63) is 30.3 Å². The minimum absolute atomic E-state index is 0.0562. The number of likely N-dealkylation sites (tertiary alicyclic amines) is 1. The topological polar surface area (TPSA) is 44.4 Å². The molecule has 0 spiro atoms. The van der Waals surface area contributed by atoms with Gasteiger partial charge in [-0.05, 0) is 25.0 Å². The number of carbonyl (C=O) groups excluding carboxylic acids is 1. The Bertz CT molecular complexity index is 428. The van der Waals surface area contributed by atoms with Crippen molar-refractivity contribution < 1.29 is 13.6 Å². The predicted octanol–water partition coefficient (Wildman–Crippen LogP) is 2.54. The van der Waals surface area contributed by atoms with Crippen molar-refractivity contribution in [3.8, 4) is 0 Å². The van der Waals surface area contributed by atoms with Crippen LogP contribution in [-0.4, -0.2) is 43.0 Å². The summed E-state index contributed by atoms with van der Waals surface area (Å²) in [5.74, 6) is 0. The lowest BCUT2D eigenvalue weighted by atomic mass is 10.1. The molecule has 2 rings (SSSR count). The molecule has 1 atom stereocenters. The molecular formula is C14H19F2N3O. The number of hydrogen-bond acceptors (Lipinski definition) is 2. The lowest BCUT2D eigenvalue weighted by Gasteiger charge is -2.33. The zero-order valence-corrected chi connectivity index (χ0v) is 11.2. The van der Waals surface area contributed by atoms with E-state index in [1.165, 1.54) is 0 Å². The summed E-state index contributed by atoms with van der Waals surface area (Å²) in [6.07, 6.45) is -0.714. The maximum Gasteiger partial charge on any atom is 0.321 e. The van der Waals surface area contributed by atoms with Crippen LogP contribution in [0, 0.1) is 0 Å². The third-order valence-electron chi connectivity index (χ3n) is 3.29. The summed E-state index contributed by atoms with van der Waals surface area (Å²) in [5.41, 5.74) is 0.736. The number of halogens is 2. The van der Waals surface area contributed by atoms with Crippen molar-refractivity contribution in [2.45, 2.75) is 25.3 Å². The normalized spacial score (nSPS) is 19.1. The summed E-state index contributed by atoms with van der Waals surface area (Å²) in [5, 5.41) is 5.61. The first-order valence-corrected chi connectivity index (χ1v) is 6.77. The molecule has 0 bridgehead atoms. The van der Waals surface area contributed by atoms with E-state index in [1.807, 2.05) is 30.3 Å². The van der Waals surface area contributed by atoms with E-state index in [1.54, 1.807) is 4.90 Å². The monoisotopic (exact) mass is 283 g/mol. The Morgan fingerprint density at radius 1 is 1.35 bits per heavy atom. The van der Waals surface area contributed by atoms with E-state index in [0.29, 0.717) is 13.1 Å². The van der Waals surface area contributed by atoms with E-state index in [2.05, 4.69) is 10.6 Å². The summed E-state index contributed by atoms with van der Waals surface area (Å²) in [6, 6.07) is 8.96. The lowest BCUT2D eigenvalue weighted by molar-refractivity contribution is 0.131. The zero-order valence-electron chi connectivity index (χ0n) is 11.2. The molecule has 0 aliphatic carbocycles. The summed E-state index contributed by atoms with van der Waals surface area (Å²) in [7, 11) is 0. The third-order valence-corrected chi connectivity index (χ3v) is 3.29. The van der Waals surface area contributed by atoms with Gasteiger partial charge < -0.3 is 15.5 Å². The van der Waals surface area contributed by atoms with Crippen LogP contribution in [0.3, 0.4) is 0 Å². The zero-order chi connectivity index (χ0) is 14.4. The van der Waals surface area contributed by atoms with Crippen molar-refractivity contribution >= 4 is 11.7 Å². The van der Waals surface area contributed by atoms with Crippen LogP contribution in [0.1, 0.15) is 12.8 Å².